The standard InChI is InChI=1S/C15H21Cl2N5O.BrH/c1-9(6-10-4-5-11(16)7-12(10)17)8-23-22-14(19)20-13(18)21-15(22,2)3;/h4-5,7,9H,6,8H2,1-3H3,(H4,18,19,20,21);1H. The summed E-state index contributed by atoms with van der Waals surface area (Å²) in [6.45, 7) is 6.20. The second-order valence-electron chi connectivity index (χ2n) is 6.07. The smallest absolute Gasteiger partial charge is 0.226 e. The first-order chi connectivity index (χ1) is 10.7. The fraction of sp³-hybridized carbons (Fsp3) is 0.467. The zero-order chi connectivity index (χ0) is 17.2. The summed E-state index contributed by atoms with van der Waals surface area (Å²) < 4.78 is 0. The summed E-state index contributed by atoms with van der Waals surface area (Å²) in [4.78, 5) is 14.0. The highest BCUT2D eigenvalue weighted by atomic mass is 79.9. The molecule has 0 spiro atoms. The molecule has 0 amide bonds. The number of hydrogen-bond acceptors (Lipinski definition) is 6. The Morgan fingerprint density at radius 2 is 1.96 bits per heavy atom. The summed E-state index contributed by atoms with van der Waals surface area (Å²) in [5, 5.41) is 2.75. The van der Waals surface area contributed by atoms with Crippen LogP contribution < -0.4 is 11.5 Å². The van der Waals surface area contributed by atoms with Crippen LogP contribution in [0.15, 0.2) is 28.2 Å². The van der Waals surface area contributed by atoms with Gasteiger partial charge in [-0.3, -0.25) is 4.84 Å². The molecule has 9 heteroatoms. The third-order valence-corrected chi connectivity index (χ3v) is 3.98. The van der Waals surface area contributed by atoms with Crippen molar-refractivity contribution in [2.24, 2.45) is 27.4 Å². The van der Waals surface area contributed by atoms with Crippen LogP contribution in [0.4, 0.5) is 0 Å². The third kappa shape index (κ3) is 5.24. The third-order valence-electron chi connectivity index (χ3n) is 3.39. The van der Waals surface area contributed by atoms with E-state index >= 15 is 0 Å². The van der Waals surface area contributed by atoms with Crippen LogP contribution in [0.25, 0.3) is 0 Å². The van der Waals surface area contributed by atoms with Crippen molar-refractivity contribution >= 4 is 52.1 Å². The van der Waals surface area contributed by atoms with E-state index < -0.39 is 5.66 Å². The van der Waals surface area contributed by atoms with Crippen molar-refractivity contribution in [3.63, 3.8) is 0 Å². The Labute approximate surface area is 162 Å². The number of guanidine groups is 2. The van der Waals surface area contributed by atoms with Crippen LogP contribution in [0.2, 0.25) is 10.0 Å². The first kappa shape index (κ1) is 21.0. The number of halogens is 3. The Morgan fingerprint density at radius 3 is 2.54 bits per heavy atom. The summed E-state index contributed by atoms with van der Waals surface area (Å²) >= 11 is 12.1. The van der Waals surface area contributed by atoms with Gasteiger partial charge in [0.25, 0.3) is 0 Å². The quantitative estimate of drug-likeness (QED) is 0.737. The van der Waals surface area contributed by atoms with Gasteiger partial charge in [0, 0.05) is 10.0 Å². The van der Waals surface area contributed by atoms with E-state index in [-0.39, 0.29) is 34.8 Å². The number of hydroxylamine groups is 2. The lowest BCUT2D eigenvalue weighted by atomic mass is 10.0. The van der Waals surface area contributed by atoms with Gasteiger partial charge in [-0.1, -0.05) is 36.2 Å². The van der Waals surface area contributed by atoms with E-state index in [4.69, 9.17) is 39.5 Å². The van der Waals surface area contributed by atoms with Crippen LogP contribution in [0.1, 0.15) is 26.3 Å². The number of rotatable bonds is 5. The summed E-state index contributed by atoms with van der Waals surface area (Å²) in [6.07, 6.45) is 0.757. The first-order valence-corrected chi connectivity index (χ1v) is 8.01. The van der Waals surface area contributed by atoms with Crippen molar-refractivity contribution in [3.05, 3.63) is 33.8 Å². The Balaban J connectivity index is 0.00000288. The van der Waals surface area contributed by atoms with Crippen LogP contribution in [-0.4, -0.2) is 29.3 Å². The van der Waals surface area contributed by atoms with Crippen LogP contribution in [0, 0.1) is 5.92 Å². The lowest BCUT2D eigenvalue weighted by Gasteiger charge is -2.37. The predicted octanol–water partition coefficient (Wildman–Crippen LogP) is 3.36. The molecule has 0 saturated carbocycles. The topological polar surface area (TPSA) is 89.2 Å². The maximum atomic E-state index is 6.20. The molecule has 1 atom stereocenters. The molecule has 0 fully saturated rings. The fourth-order valence-electron chi connectivity index (χ4n) is 2.34. The van der Waals surface area contributed by atoms with Crippen LogP contribution >= 0.6 is 40.2 Å². The largest absolute Gasteiger partial charge is 0.368 e. The molecule has 0 saturated heterocycles. The van der Waals surface area contributed by atoms with Gasteiger partial charge in [-0.15, -0.1) is 17.0 Å². The molecule has 0 aliphatic carbocycles. The van der Waals surface area contributed by atoms with Crippen LogP contribution in [0.3, 0.4) is 0 Å². The van der Waals surface area contributed by atoms with Crippen LogP contribution in [0.5, 0.6) is 0 Å². The Morgan fingerprint density at radius 1 is 1.29 bits per heavy atom. The van der Waals surface area contributed by atoms with Gasteiger partial charge in [0.15, 0.2) is 5.66 Å². The molecule has 1 aromatic carbocycles. The van der Waals surface area contributed by atoms with E-state index in [1.807, 2.05) is 26.0 Å². The molecule has 134 valence electrons. The Bertz CT molecular complexity index is 651. The molecule has 1 aromatic rings. The normalized spacial score (nSPS) is 17.6. The highest BCUT2D eigenvalue weighted by Crippen LogP contribution is 2.25. The minimum atomic E-state index is -0.701. The lowest BCUT2D eigenvalue weighted by molar-refractivity contribution is -0.165. The molecule has 6 nitrogen and oxygen atoms in total. The second kappa shape index (κ2) is 8.38. The zero-order valence-corrected chi connectivity index (χ0v) is 17.0. The van der Waals surface area contributed by atoms with Crippen molar-refractivity contribution in [1.82, 2.24) is 5.06 Å². The van der Waals surface area contributed by atoms with Gasteiger partial charge in [0.2, 0.25) is 11.9 Å². The molecule has 4 N–H and O–H groups in total. The van der Waals surface area contributed by atoms with Crippen LogP contribution in [-0.2, 0) is 11.3 Å². The zero-order valence-electron chi connectivity index (χ0n) is 13.8. The van der Waals surface area contributed by atoms with E-state index in [1.54, 1.807) is 6.07 Å². The molecule has 24 heavy (non-hydrogen) atoms. The van der Waals surface area contributed by atoms with E-state index in [1.165, 1.54) is 5.06 Å². The number of aliphatic imine (C=N–C) groups is 2. The van der Waals surface area contributed by atoms with E-state index in [2.05, 4.69) is 16.9 Å². The fourth-order valence-corrected chi connectivity index (χ4v) is 2.83. The molecule has 1 aliphatic rings. The van der Waals surface area contributed by atoms with E-state index in [0.717, 1.165) is 12.0 Å². The van der Waals surface area contributed by atoms with Crippen molar-refractivity contribution < 1.29 is 4.84 Å². The number of benzene rings is 1. The summed E-state index contributed by atoms with van der Waals surface area (Å²) in [5.41, 5.74) is 11.8. The average Bonchev–Trinajstić information content (AvgIpc) is 2.39. The molecule has 1 unspecified atom stereocenters. The summed E-state index contributed by atoms with van der Waals surface area (Å²) in [6, 6.07) is 5.49. The van der Waals surface area contributed by atoms with Gasteiger partial charge in [-0.2, -0.15) is 10.1 Å². The van der Waals surface area contributed by atoms with Gasteiger partial charge in [-0.25, -0.2) is 4.99 Å². The molecule has 1 heterocycles. The SMILES string of the molecule is Br.CC(CON1C(N)=NC(N)=NC1(C)C)Cc1ccc(Cl)cc1Cl. The maximum absolute atomic E-state index is 6.20. The highest BCUT2D eigenvalue weighted by molar-refractivity contribution is 8.93. The Hall–Kier alpha value is -1.02. The average molecular weight is 439 g/mol. The number of hydrogen-bond donors (Lipinski definition) is 2. The van der Waals surface area contributed by atoms with Crippen molar-refractivity contribution in [3.8, 4) is 0 Å². The summed E-state index contributed by atoms with van der Waals surface area (Å²) in [7, 11) is 0. The van der Waals surface area contributed by atoms with Gasteiger partial charge < -0.3 is 11.5 Å². The summed E-state index contributed by atoms with van der Waals surface area (Å²) in [5.74, 6) is 0.549. The van der Waals surface area contributed by atoms with Crippen molar-refractivity contribution in [2.75, 3.05) is 6.61 Å². The van der Waals surface area contributed by atoms with Gasteiger partial charge >= 0.3 is 0 Å². The van der Waals surface area contributed by atoms with Gasteiger partial charge in [0.1, 0.15) is 0 Å². The number of nitrogens with two attached hydrogens (primary N) is 2. The lowest BCUT2D eigenvalue weighted by Crippen LogP contribution is -2.54. The van der Waals surface area contributed by atoms with Gasteiger partial charge in [0.05, 0.1) is 6.61 Å². The molecular weight excluding hydrogens is 417 g/mol. The maximum Gasteiger partial charge on any atom is 0.226 e. The van der Waals surface area contributed by atoms with E-state index in [0.29, 0.717) is 16.7 Å². The molecule has 0 aromatic heterocycles. The Kier molecular flexibility index (Phi) is 7.34. The molecular formula is C15H22BrCl2N5O. The van der Waals surface area contributed by atoms with E-state index in [9.17, 15) is 0 Å². The molecule has 0 radical (unpaired) electrons. The van der Waals surface area contributed by atoms with Gasteiger partial charge in [-0.05, 0) is 43.9 Å². The predicted molar refractivity (Wildman–Crippen MR) is 105 cm³/mol. The molecule has 0 bridgehead atoms. The first-order valence-electron chi connectivity index (χ1n) is 7.25. The minimum absolute atomic E-state index is 0. The molecule has 2 rings (SSSR count). The number of nitrogens with zero attached hydrogens (tertiary/aromatic N) is 3. The highest BCUT2D eigenvalue weighted by Gasteiger charge is 2.33. The monoisotopic (exact) mass is 437 g/mol. The van der Waals surface area contributed by atoms with Crippen molar-refractivity contribution in [2.45, 2.75) is 32.9 Å². The second-order valence-corrected chi connectivity index (χ2v) is 6.91. The molecule has 1 aliphatic heterocycles. The minimum Gasteiger partial charge on any atom is -0.368 e. The van der Waals surface area contributed by atoms with Crippen molar-refractivity contribution in [1.29, 1.82) is 0 Å².